The topological polar surface area (TPSA) is 58.6 Å². The van der Waals surface area contributed by atoms with Crippen LogP contribution in [0.4, 0.5) is 0 Å². The Morgan fingerprint density at radius 1 is 1.04 bits per heavy atom. The summed E-state index contributed by atoms with van der Waals surface area (Å²) in [4.78, 5) is 3.09. The fourth-order valence-corrected chi connectivity index (χ4v) is 7.43. The van der Waals surface area contributed by atoms with Crippen LogP contribution in [0.3, 0.4) is 0 Å². The number of fused-ring (bicyclic) bond motifs is 2. The van der Waals surface area contributed by atoms with E-state index in [-0.39, 0.29) is 6.04 Å². The molecule has 6 heteroatoms. The zero-order chi connectivity index (χ0) is 20.1. The predicted octanol–water partition coefficient (Wildman–Crippen LogP) is 3.37. The molecule has 1 aromatic rings. The first-order valence-corrected chi connectivity index (χ1v) is 12.2. The van der Waals surface area contributed by atoms with E-state index in [1.807, 2.05) is 27.7 Å². The summed E-state index contributed by atoms with van der Waals surface area (Å²) in [7, 11) is -3.52. The number of nitrogens with zero attached hydrogens (tertiary/aromatic N) is 1. The largest absolute Gasteiger partial charge is 0.377 e. The van der Waals surface area contributed by atoms with Gasteiger partial charge in [-0.3, -0.25) is 4.90 Å². The van der Waals surface area contributed by atoms with E-state index in [0.29, 0.717) is 23.1 Å². The Bertz CT molecular complexity index is 806. The lowest BCUT2D eigenvalue weighted by molar-refractivity contribution is 0.0356. The summed E-state index contributed by atoms with van der Waals surface area (Å²) in [5.41, 5.74) is 3.81. The Balaban J connectivity index is 1.49. The maximum atomic E-state index is 13.3. The van der Waals surface area contributed by atoms with Crippen LogP contribution in [0.25, 0.3) is 0 Å². The van der Waals surface area contributed by atoms with E-state index >= 15 is 0 Å². The number of aryl methyl sites for hydroxylation is 2. The first-order chi connectivity index (χ1) is 13.3. The van der Waals surface area contributed by atoms with E-state index in [0.717, 1.165) is 54.7 Å². The summed E-state index contributed by atoms with van der Waals surface area (Å²) in [6, 6.07) is 3.07. The Morgan fingerprint density at radius 2 is 1.64 bits per heavy atom. The highest BCUT2D eigenvalue weighted by Crippen LogP contribution is 2.37. The summed E-state index contributed by atoms with van der Waals surface area (Å²) < 4.78 is 35.5. The van der Waals surface area contributed by atoms with E-state index < -0.39 is 10.0 Å². The zero-order valence-electron chi connectivity index (χ0n) is 17.6. The maximum Gasteiger partial charge on any atom is 0.241 e. The molecule has 3 unspecified atom stereocenters. The molecule has 0 spiro atoms. The van der Waals surface area contributed by atoms with Crippen molar-refractivity contribution in [3.63, 3.8) is 0 Å². The van der Waals surface area contributed by atoms with Crippen LogP contribution in [0.5, 0.6) is 0 Å². The normalized spacial score (nSPS) is 30.9. The number of sulfonamides is 1. The molecule has 0 aromatic heterocycles. The summed E-state index contributed by atoms with van der Waals surface area (Å²) in [6.45, 7) is 9.73. The smallest absolute Gasteiger partial charge is 0.241 e. The Kier molecular flexibility index (Phi) is 5.60. The molecule has 2 bridgehead atoms. The van der Waals surface area contributed by atoms with Gasteiger partial charge in [0, 0.05) is 31.3 Å². The maximum absolute atomic E-state index is 13.3. The molecule has 5 nitrogen and oxygen atoms in total. The van der Waals surface area contributed by atoms with Gasteiger partial charge in [0.15, 0.2) is 0 Å². The summed E-state index contributed by atoms with van der Waals surface area (Å²) in [5, 5.41) is 0. The van der Waals surface area contributed by atoms with Gasteiger partial charge in [-0.15, -0.1) is 0 Å². The molecule has 28 heavy (non-hydrogen) atoms. The molecule has 3 aliphatic rings. The van der Waals surface area contributed by atoms with Gasteiger partial charge in [0.25, 0.3) is 0 Å². The van der Waals surface area contributed by atoms with Crippen molar-refractivity contribution in [2.75, 3.05) is 13.2 Å². The third kappa shape index (κ3) is 3.76. The van der Waals surface area contributed by atoms with E-state index in [2.05, 4.69) is 15.7 Å². The van der Waals surface area contributed by atoms with Crippen LogP contribution in [0, 0.1) is 27.7 Å². The lowest BCUT2D eigenvalue weighted by Gasteiger charge is -2.40. The first-order valence-electron chi connectivity index (χ1n) is 10.7. The van der Waals surface area contributed by atoms with E-state index in [1.54, 1.807) is 0 Å². The Morgan fingerprint density at radius 3 is 2.18 bits per heavy atom. The van der Waals surface area contributed by atoms with Gasteiger partial charge in [0.2, 0.25) is 10.0 Å². The molecule has 4 rings (SSSR count). The van der Waals surface area contributed by atoms with Crippen LogP contribution in [0.1, 0.15) is 60.8 Å². The summed E-state index contributed by atoms with van der Waals surface area (Å²) >= 11 is 0. The average Bonchev–Trinajstić information content (AvgIpc) is 3.20. The van der Waals surface area contributed by atoms with Gasteiger partial charge in [0.05, 0.1) is 11.0 Å². The highest BCUT2D eigenvalue weighted by atomic mass is 32.2. The second-order valence-electron chi connectivity index (χ2n) is 9.10. The van der Waals surface area contributed by atoms with Crippen molar-refractivity contribution < 1.29 is 13.2 Å². The van der Waals surface area contributed by atoms with Crippen LogP contribution in [-0.2, 0) is 14.8 Å². The molecule has 156 valence electrons. The summed E-state index contributed by atoms with van der Waals surface area (Å²) in [5.74, 6) is 0. The molecule has 0 amide bonds. The van der Waals surface area contributed by atoms with Crippen LogP contribution in [0.2, 0.25) is 0 Å². The second-order valence-corrected chi connectivity index (χ2v) is 10.7. The number of hydrogen-bond acceptors (Lipinski definition) is 4. The van der Waals surface area contributed by atoms with Gasteiger partial charge < -0.3 is 4.74 Å². The minimum Gasteiger partial charge on any atom is -0.377 e. The highest BCUT2D eigenvalue weighted by Gasteiger charge is 2.43. The molecule has 3 saturated heterocycles. The molecule has 3 heterocycles. The van der Waals surface area contributed by atoms with E-state index in [1.165, 1.54) is 19.3 Å². The molecule has 3 fully saturated rings. The van der Waals surface area contributed by atoms with Crippen LogP contribution < -0.4 is 4.72 Å². The van der Waals surface area contributed by atoms with Crippen molar-refractivity contribution in [3.05, 3.63) is 28.3 Å². The fourth-order valence-electron chi connectivity index (χ4n) is 5.55. The SMILES string of the molecule is Cc1cc(C)c(C)c(S(=O)(=O)NC2CC3CCC(C2)N3CC2CCCO2)c1C. The van der Waals surface area contributed by atoms with E-state index in [9.17, 15) is 8.42 Å². The number of ether oxygens (including phenoxy) is 1. The van der Waals surface area contributed by atoms with Crippen molar-refractivity contribution in [1.82, 2.24) is 9.62 Å². The van der Waals surface area contributed by atoms with Gasteiger partial charge in [-0.05, 0) is 88.5 Å². The van der Waals surface area contributed by atoms with Gasteiger partial charge in [-0.1, -0.05) is 6.07 Å². The minimum absolute atomic E-state index is 0.0304. The molecular formula is C22H34N2O3S. The van der Waals surface area contributed by atoms with Gasteiger partial charge in [0.1, 0.15) is 0 Å². The quantitative estimate of drug-likeness (QED) is 0.814. The van der Waals surface area contributed by atoms with Crippen molar-refractivity contribution in [2.45, 2.75) is 95.3 Å². The lowest BCUT2D eigenvalue weighted by Crippen LogP contribution is -2.52. The molecule has 3 atom stereocenters. The standard InChI is InChI=1S/C22H34N2O3S/c1-14-10-15(2)17(4)22(16(14)3)28(25,26)23-18-11-19-7-8-20(12-18)24(19)13-21-6-5-9-27-21/h10,18-21,23H,5-9,11-13H2,1-4H3. The molecule has 1 N–H and O–H groups in total. The van der Waals surface area contributed by atoms with Crippen molar-refractivity contribution in [1.29, 1.82) is 0 Å². The molecule has 3 aliphatic heterocycles. The van der Waals surface area contributed by atoms with Gasteiger partial charge in [-0.2, -0.15) is 0 Å². The number of benzene rings is 1. The van der Waals surface area contributed by atoms with Crippen molar-refractivity contribution >= 4 is 10.0 Å². The number of hydrogen-bond donors (Lipinski definition) is 1. The number of nitrogens with one attached hydrogen (secondary N) is 1. The fraction of sp³-hybridized carbons (Fsp3) is 0.727. The second kappa shape index (κ2) is 7.71. The molecule has 0 aliphatic carbocycles. The third-order valence-corrected chi connectivity index (χ3v) is 9.00. The predicted molar refractivity (Wildman–Crippen MR) is 111 cm³/mol. The first kappa shape index (κ1) is 20.3. The van der Waals surface area contributed by atoms with Crippen molar-refractivity contribution in [2.24, 2.45) is 0 Å². The molecular weight excluding hydrogens is 372 g/mol. The summed E-state index contributed by atoms with van der Waals surface area (Å²) in [6.07, 6.45) is 6.88. The Labute approximate surface area is 169 Å². The van der Waals surface area contributed by atoms with Crippen LogP contribution >= 0.6 is 0 Å². The van der Waals surface area contributed by atoms with Crippen LogP contribution in [-0.4, -0.2) is 50.7 Å². The molecule has 1 aromatic carbocycles. The minimum atomic E-state index is -3.52. The highest BCUT2D eigenvalue weighted by molar-refractivity contribution is 7.89. The van der Waals surface area contributed by atoms with E-state index in [4.69, 9.17) is 4.74 Å². The van der Waals surface area contributed by atoms with Gasteiger partial charge in [-0.25, -0.2) is 13.1 Å². The number of piperidine rings is 1. The third-order valence-electron chi connectivity index (χ3n) is 7.21. The van der Waals surface area contributed by atoms with Gasteiger partial charge >= 0.3 is 0 Å². The lowest BCUT2D eigenvalue weighted by atomic mass is 9.97. The zero-order valence-corrected chi connectivity index (χ0v) is 18.4. The Hall–Kier alpha value is -0.950. The van der Waals surface area contributed by atoms with Crippen molar-refractivity contribution in [3.8, 4) is 0 Å². The average molecular weight is 407 g/mol. The molecule has 0 saturated carbocycles. The molecule has 0 radical (unpaired) electrons. The number of rotatable bonds is 5. The van der Waals surface area contributed by atoms with Crippen LogP contribution in [0.15, 0.2) is 11.0 Å². The monoisotopic (exact) mass is 406 g/mol.